The zero-order valence-electron chi connectivity index (χ0n) is 14.6. The van der Waals surface area contributed by atoms with Crippen LogP contribution in [0, 0.1) is 18.8 Å². The molecule has 7 heteroatoms. The van der Waals surface area contributed by atoms with Crippen LogP contribution in [0.1, 0.15) is 25.3 Å². The number of rotatable bonds is 3. The number of benzene rings is 1. The fraction of sp³-hybridized carbons (Fsp3) is 0.368. The Kier molecular flexibility index (Phi) is 4.11. The van der Waals surface area contributed by atoms with Gasteiger partial charge in [-0.15, -0.1) is 0 Å². The minimum atomic E-state index is -0.852. The van der Waals surface area contributed by atoms with Crippen LogP contribution in [0.5, 0.6) is 0 Å². The molecular weight excluding hydrogens is 350 g/mol. The summed E-state index contributed by atoms with van der Waals surface area (Å²) in [5.74, 6) is -1.53. The monoisotopic (exact) mass is 369 g/mol. The fourth-order valence-corrected chi connectivity index (χ4v) is 4.59. The fourth-order valence-electron chi connectivity index (χ4n) is 3.62. The molecule has 6 nitrogen and oxygen atoms in total. The second-order valence-corrected chi connectivity index (χ2v) is 7.89. The number of nitrogens with one attached hydrogen (secondary N) is 1. The van der Waals surface area contributed by atoms with Gasteiger partial charge in [-0.1, -0.05) is 29.6 Å². The molecule has 1 aliphatic carbocycles. The molecule has 0 unspecified atom stereocenters. The summed E-state index contributed by atoms with van der Waals surface area (Å²) in [7, 11) is 0. The summed E-state index contributed by atoms with van der Waals surface area (Å²) in [6, 6.07) is 5.03. The van der Waals surface area contributed by atoms with E-state index in [4.69, 9.17) is 0 Å². The molecule has 1 saturated heterocycles. The molecular formula is C19H19N3O3S. The molecule has 26 heavy (non-hydrogen) atoms. The highest BCUT2D eigenvalue weighted by atomic mass is 32.1. The number of amides is 3. The number of carbonyl (C=O) groups is 3. The lowest BCUT2D eigenvalue weighted by Crippen LogP contribution is -2.46. The first kappa shape index (κ1) is 16.9. The van der Waals surface area contributed by atoms with Gasteiger partial charge in [0.1, 0.15) is 6.04 Å². The Labute approximate surface area is 154 Å². The normalized spacial score (nSPS) is 23.4. The van der Waals surface area contributed by atoms with Crippen LogP contribution in [0.4, 0.5) is 5.13 Å². The van der Waals surface area contributed by atoms with E-state index in [1.807, 2.05) is 37.3 Å². The predicted octanol–water partition coefficient (Wildman–Crippen LogP) is 2.88. The van der Waals surface area contributed by atoms with E-state index in [2.05, 4.69) is 10.3 Å². The van der Waals surface area contributed by atoms with Crippen LogP contribution >= 0.6 is 11.3 Å². The van der Waals surface area contributed by atoms with Crippen LogP contribution in [-0.2, 0) is 14.4 Å². The lowest BCUT2D eigenvalue weighted by atomic mass is 9.85. The lowest BCUT2D eigenvalue weighted by molar-refractivity contribution is -0.146. The van der Waals surface area contributed by atoms with E-state index in [9.17, 15) is 14.4 Å². The number of hydrogen-bond donors (Lipinski definition) is 1. The molecule has 0 radical (unpaired) electrons. The Morgan fingerprint density at radius 1 is 1.23 bits per heavy atom. The van der Waals surface area contributed by atoms with Gasteiger partial charge in [0.15, 0.2) is 5.13 Å². The standard InChI is InChI=1S/C19H19N3O3S/c1-10-7-8-14-15(9-10)26-19(20-14)21-16(23)11(2)22-17(24)12-5-3-4-6-13(12)18(22)25/h3-4,7-9,11-13H,5-6H2,1-2H3,(H,20,21,23)/t11-,12-,13-/m0/s1. The van der Waals surface area contributed by atoms with Crippen molar-refractivity contribution in [3.63, 3.8) is 0 Å². The third-order valence-electron chi connectivity index (χ3n) is 5.08. The number of likely N-dealkylation sites (tertiary alicyclic amines) is 1. The molecule has 2 aromatic rings. The molecule has 0 bridgehead atoms. The molecule has 1 aliphatic heterocycles. The van der Waals surface area contributed by atoms with Crippen molar-refractivity contribution >= 4 is 44.4 Å². The molecule has 1 fully saturated rings. The maximum absolute atomic E-state index is 12.6. The minimum Gasteiger partial charge on any atom is -0.300 e. The first-order chi connectivity index (χ1) is 12.5. The van der Waals surface area contributed by atoms with Gasteiger partial charge >= 0.3 is 0 Å². The molecule has 1 aromatic carbocycles. The topological polar surface area (TPSA) is 79.4 Å². The predicted molar refractivity (Wildman–Crippen MR) is 99.7 cm³/mol. The Morgan fingerprint density at radius 3 is 2.54 bits per heavy atom. The van der Waals surface area contributed by atoms with Gasteiger partial charge < -0.3 is 5.32 Å². The molecule has 0 spiro atoms. The summed E-state index contributed by atoms with van der Waals surface area (Å²) in [6.45, 7) is 3.59. The number of carbonyl (C=O) groups excluding carboxylic acids is 3. The maximum atomic E-state index is 12.6. The number of anilines is 1. The van der Waals surface area contributed by atoms with Crippen molar-refractivity contribution in [2.45, 2.75) is 32.7 Å². The number of imide groups is 1. The number of hydrogen-bond acceptors (Lipinski definition) is 5. The molecule has 0 saturated carbocycles. The SMILES string of the molecule is Cc1ccc2nc(NC(=O)[C@H](C)N3C(=O)[C@H]4CC=CC[C@@H]4C3=O)sc2c1. The van der Waals surface area contributed by atoms with Gasteiger partial charge in [0.2, 0.25) is 17.7 Å². The number of thiazole rings is 1. The zero-order chi connectivity index (χ0) is 18.4. The molecule has 1 aromatic heterocycles. The Balaban J connectivity index is 1.52. The number of allylic oxidation sites excluding steroid dienone is 2. The lowest BCUT2D eigenvalue weighted by Gasteiger charge is -2.21. The number of fused-ring (bicyclic) bond motifs is 2. The summed E-state index contributed by atoms with van der Waals surface area (Å²) >= 11 is 1.38. The van der Waals surface area contributed by atoms with Gasteiger partial charge in [0.25, 0.3) is 0 Å². The Morgan fingerprint density at radius 2 is 1.88 bits per heavy atom. The van der Waals surface area contributed by atoms with E-state index in [1.54, 1.807) is 6.92 Å². The summed E-state index contributed by atoms with van der Waals surface area (Å²) in [5.41, 5.74) is 1.94. The van der Waals surface area contributed by atoms with Crippen molar-refractivity contribution in [3.8, 4) is 0 Å². The van der Waals surface area contributed by atoms with Crippen molar-refractivity contribution in [1.82, 2.24) is 9.88 Å². The molecule has 3 atom stereocenters. The third kappa shape index (κ3) is 2.72. The van der Waals surface area contributed by atoms with E-state index in [-0.39, 0.29) is 23.7 Å². The van der Waals surface area contributed by atoms with E-state index in [0.29, 0.717) is 18.0 Å². The minimum absolute atomic E-state index is 0.244. The molecule has 134 valence electrons. The summed E-state index contributed by atoms with van der Waals surface area (Å²) in [4.78, 5) is 43.4. The van der Waals surface area contributed by atoms with Gasteiger partial charge in [0, 0.05) is 0 Å². The van der Waals surface area contributed by atoms with Crippen LogP contribution in [-0.4, -0.2) is 33.6 Å². The second-order valence-electron chi connectivity index (χ2n) is 6.86. The third-order valence-corrected chi connectivity index (χ3v) is 6.02. The van der Waals surface area contributed by atoms with Crippen LogP contribution in [0.25, 0.3) is 10.2 Å². The highest BCUT2D eigenvalue weighted by Gasteiger charge is 2.50. The highest BCUT2D eigenvalue weighted by Crippen LogP contribution is 2.36. The Hall–Kier alpha value is -2.54. The van der Waals surface area contributed by atoms with Gasteiger partial charge in [-0.25, -0.2) is 4.98 Å². The van der Waals surface area contributed by atoms with Gasteiger partial charge in [-0.05, 0) is 44.4 Å². The van der Waals surface area contributed by atoms with E-state index < -0.39 is 11.9 Å². The van der Waals surface area contributed by atoms with Crippen molar-refractivity contribution < 1.29 is 14.4 Å². The van der Waals surface area contributed by atoms with Crippen LogP contribution in [0.2, 0.25) is 0 Å². The zero-order valence-corrected chi connectivity index (χ0v) is 15.4. The van der Waals surface area contributed by atoms with Crippen LogP contribution < -0.4 is 5.32 Å². The van der Waals surface area contributed by atoms with Gasteiger partial charge in [-0.2, -0.15) is 0 Å². The van der Waals surface area contributed by atoms with Crippen molar-refractivity contribution in [3.05, 3.63) is 35.9 Å². The van der Waals surface area contributed by atoms with Crippen molar-refractivity contribution in [2.75, 3.05) is 5.32 Å². The van der Waals surface area contributed by atoms with Crippen molar-refractivity contribution in [1.29, 1.82) is 0 Å². The molecule has 2 heterocycles. The summed E-state index contributed by atoms with van der Waals surface area (Å²) < 4.78 is 0.985. The molecule has 2 aliphatic rings. The average Bonchev–Trinajstić information content (AvgIpc) is 3.13. The van der Waals surface area contributed by atoms with Gasteiger partial charge in [-0.3, -0.25) is 19.3 Å². The number of aromatic nitrogens is 1. The largest absolute Gasteiger partial charge is 0.300 e. The molecule has 1 N–H and O–H groups in total. The molecule has 4 rings (SSSR count). The molecule has 3 amide bonds. The maximum Gasteiger partial charge on any atom is 0.249 e. The number of aryl methyl sites for hydroxylation is 1. The first-order valence-corrected chi connectivity index (χ1v) is 9.47. The van der Waals surface area contributed by atoms with E-state index in [0.717, 1.165) is 20.7 Å². The Bertz CT molecular complexity index is 923. The van der Waals surface area contributed by atoms with E-state index in [1.165, 1.54) is 11.3 Å². The van der Waals surface area contributed by atoms with Crippen LogP contribution in [0.3, 0.4) is 0 Å². The number of nitrogens with zero attached hydrogens (tertiary/aromatic N) is 2. The van der Waals surface area contributed by atoms with Crippen molar-refractivity contribution in [2.24, 2.45) is 11.8 Å². The average molecular weight is 369 g/mol. The highest BCUT2D eigenvalue weighted by molar-refractivity contribution is 7.22. The first-order valence-electron chi connectivity index (χ1n) is 8.65. The van der Waals surface area contributed by atoms with Crippen LogP contribution in [0.15, 0.2) is 30.4 Å². The quantitative estimate of drug-likeness (QED) is 0.666. The summed E-state index contributed by atoms with van der Waals surface area (Å²) in [5, 5.41) is 3.23. The van der Waals surface area contributed by atoms with E-state index >= 15 is 0 Å². The second kappa shape index (κ2) is 6.32. The smallest absolute Gasteiger partial charge is 0.249 e. The van der Waals surface area contributed by atoms with Gasteiger partial charge in [0.05, 0.1) is 22.1 Å². The summed E-state index contributed by atoms with van der Waals surface area (Å²) in [6.07, 6.45) is 5.00.